The molecular weight excluding hydrogens is 287 g/mol. The van der Waals surface area contributed by atoms with E-state index in [0.29, 0.717) is 6.54 Å². The van der Waals surface area contributed by atoms with Crippen LogP contribution in [0.2, 0.25) is 0 Å². The van der Waals surface area contributed by atoms with E-state index in [-0.39, 0.29) is 12.5 Å². The van der Waals surface area contributed by atoms with Gasteiger partial charge in [0, 0.05) is 30.7 Å². The highest BCUT2D eigenvalue weighted by Crippen LogP contribution is 2.25. The zero-order chi connectivity index (χ0) is 14.6. The third-order valence-corrected chi connectivity index (χ3v) is 3.87. The molecule has 20 heavy (non-hydrogen) atoms. The van der Waals surface area contributed by atoms with Crippen molar-refractivity contribution in [2.24, 2.45) is 7.05 Å². The number of hydrogen-bond donors (Lipinski definition) is 1. The maximum absolute atomic E-state index is 12.1. The second kappa shape index (κ2) is 6.41. The van der Waals surface area contributed by atoms with Crippen LogP contribution in [0.3, 0.4) is 0 Å². The van der Waals surface area contributed by atoms with Gasteiger partial charge in [0.15, 0.2) is 0 Å². The molecular formula is C13H16F3N3S. The van der Waals surface area contributed by atoms with Crippen LogP contribution in [0.25, 0.3) is 0 Å². The number of hydrogen-bond acceptors (Lipinski definition) is 3. The van der Waals surface area contributed by atoms with Gasteiger partial charge < -0.3 is 9.88 Å². The SMILES string of the molecule is Cn1ccnc1C(NCCCC(F)(F)F)c1cccs1. The summed E-state index contributed by atoms with van der Waals surface area (Å²) in [6.07, 6.45) is -1.28. The molecule has 3 nitrogen and oxygen atoms in total. The Morgan fingerprint density at radius 2 is 2.25 bits per heavy atom. The van der Waals surface area contributed by atoms with Gasteiger partial charge in [-0.3, -0.25) is 0 Å². The van der Waals surface area contributed by atoms with Crippen molar-refractivity contribution in [2.75, 3.05) is 6.54 Å². The number of nitrogens with one attached hydrogen (secondary N) is 1. The molecule has 1 unspecified atom stereocenters. The zero-order valence-electron chi connectivity index (χ0n) is 11.0. The van der Waals surface area contributed by atoms with Crippen molar-refractivity contribution >= 4 is 11.3 Å². The molecule has 0 aliphatic rings. The normalized spacial score (nSPS) is 13.6. The van der Waals surface area contributed by atoms with E-state index >= 15 is 0 Å². The number of imidazole rings is 1. The van der Waals surface area contributed by atoms with Crippen molar-refractivity contribution in [3.8, 4) is 0 Å². The van der Waals surface area contributed by atoms with Gasteiger partial charge >= 0.3 is 6.18 Å². The Labute approximate surface area is 119 Å². The minimum atomic E-state index is -4.09. The topological polar surface area (TPSA) is 29.9 Å². The molecule has 1 atom stereocenters. The van der Waals surface area contributed by atoms with Crippen molar-refractivity contribution in [3.05, 3.63) is 40.6 Å². The third kappa shape index (κ3) is 4.08. The Morgan fingerprint density at radius 1 is 1.45 bits per heavy atom. The molecule has 0 spiro atoms. The zero-order valence-corrected chi connectivity index (χ0v) is 11.8. The Bertz CT molecular complexity index is 519. The second-order valence-electron chi connectivity index (χ2n) is 4.52. The molecule has 0 bridgehead atoms. The summed E-state index contributed by atoms with van der Waals surface area (Å²) in [6, 6.07) is 3.72. The van der Waals surface area contributed by atoms with E-state index in [9.17, 15) is 13.2 Å². The van der Waals surface area contributed by atoms with E-state index in [1.54, 1.807) is 17.5 Å². The minimum Gasteiger partial charge on any atom is -0.336 e. The highest BCUT2D eigenvalue weighted by Gasteiger charge is 2.26. The first-order valence-electron chi connectivity index (χ1n) is 6.28. The second-order valence-corrected chi connectivity index (χ2v) is 5.50. The monoisotopic (exact) mass is 303 g/mol. The van der Waals surface area contributed by atoms with Crippen LogP contribution in [-0.2, 0) is 7.05 Å². The van der Waals surface area contributed by atoms with Crippen LogP contribution in [0.4, 0.5) is 13.2 Å². The highest BCUT2D eigenvalue weighted by molar-refractivity contribution is 7.10. The summed E-state index contributed by atoms with van der Waals surface area (Å²) in [6.45, 7) is 0.301. The Morgan fingerprint density at radius 3 is 2.80 bits per heavy atom. The van der Waals surface area contributed by atoms with Crippen LogP contribution in [0.15, 0.2) is 29.9 Å². The van der Waals surface area contributed by atoms with Gasteiger partial charge in [-0.2, -0.15) is 13.2 Å². The molecule has 2 aromatic heterocycles. The van der Waals surface area contributed by atoms with E-state index < -0.39 is 12.6 Å². The van der Waals surface area contributed by atoms with E-state index in [1.807, 2.05) is 35.3 Å². The van der Waals surface area contributed by atoms with Crippen LogP contribution in [-0.4, -0.2) is 22.3 Å². The lowest BCUT2D eigenvalue weighted by Crippen LogP contribution is -2.26. The molecule has 0 aliphatic heterocycles. The summed E-state index contributed by atoms with van der Waals surface area (Å²) in [7, 11) is 1.88. The number of thiophene rings is 1. The number of halogens is 3. The standard InChI is InChI=1S/C13H16F3N3S/c1-19-8-7-18-12(19)11(10-4-2-9-20-10)17-6-3-5-13(14,15)16/h2,4,7-9,11,17H,3,5-6H2,1H3. The molecule has 110 valence electrons. The molecule has 0 aliphatic carbocycles. The molecule has 7 heteroatoms. The molecule has 0 saturated carbocycles. The van der Waals surface area contributed by atoms with Gasteiger partial charge in [0.2, 0.25) is 0 Å². The maximum atomic E-state index is 12.1. The molecule has 0 aromatic carbocycles. The molecule has 0 saturated heterocycles. The average molecular weight is 303 g/mol. The van der Waals surface area contributed by atoms with Crippen LogP contribution in [0, 0.1) is 0 Å². The molecule has 0 amide bonds. The molecule has 2 aromatic rings. The van der Waals surface area contributed by atoms with Gasteiger partial charge in [-0.15, -0.1) is 11.3 Å². The maximum Gasteiger partial charge on any atom is 0.389 e. The molecule has 0 radical (unpaired) electrons. The largest absolute Gasteiger partial charge is 0.389 e. The van der Waals surface area contributed by atoms with Crippen molar-refractivity contribution in [1.82, 2.24) is 14.9 Å². The van der Waals surface area contributed by atoms with E-state index in [4.69, 9.17) is 0 Å². The number of nitrogens with zero attached hydrogens (tertiary/aromatic N) is 2. The van der Waals surface area contributed by atoms with Gasteiger partial charge in [0.1, 0.15) is 11.9 Å². The number of alkyl halides is 3. The van der Waals surface area contributed by atoms with Crippen LogP contribution < -0.4 is 5.32 Å². The fourth-order valence-corrected chi connectivity index (χ4v) is 2.76. The van der Waals surface area contributed by atoms with Crippen LogP contribution >= 0.6 is 11.3 Å². The predicted octanol–water partition coefficient (Wildman–Crippen LogP) is 3.50. The van der Waals surface area contributed by atoms with Crippen molar-refractivity contribution in [3.63, 3.8) is 0 Å². The summed E-state index contributed by atoms with van der Waals surface area (Å²) in [5.41, 5.74) is 0. The first-order valence-corrected chi connectivity index (χ1v) is 7.16. The van der Waals surface area contributed by atoms with Crippen LogP contribution in [0.1, 0.15) is 29.6 Å². The molecule has 0 fully saturated rings. The van der Waals surface area contributed by atoms with Gasteiger partial charge in [-0.1, -0.05) is 6.07 Å². The van der Waals surface area contributed by atoms with E-state index in [0.717, 1.165) is 10.7 Å². The van der Waals surface area contributed by atoms with E-state index in [1.165, 1.54) is 0 Å². The smallest absolute Gasteiger partial charge is 0.336 e. The predicted molar refractivity (Wildman–Crippen MR) is 72.7 cm³/mol. The summed E-state index contributed by atoms with van der Waals surface area (Å²) < 4.78 is 38.3. The number of aryl methyl sites for hydroxylation is 1. The Hall–Kier alpha value is -1.34. The van der Waals surface area contributed by atoms with Crippen LogP contribution in [0.5, 0.6) is 0 Å². The lowest BCUT2D eigenvalue weighted by atomic mass is 10.2. The lowest BCUT2D eigenvalue weighted by molar-refractivity contribution is -0.135. The quantitative estimate of drug-likeness (QED) is 0.828. The molecule has 1 N–H and O–H groups in total. The van der Waals surface area contributed by atoms with Crippen molar-refractivity contribution in [2.45, 2.75) is 25.1 Å². The Kier molecular flexibility index (Phi) is 4.82. The fourth-order valence-electron chi connectivity index (χ4n) is 1.97. The minimum absolute atomic E-state index is 0.0653. The summed E-state index contributed by atoms with van der Waals surface area (Å²) >= 11 is 1.56. The van der Waals surface area contributed by atoms with Gasteiger partial charge in [-0.05, 0) is 24.4 Å². The third-order valence-electron chi connectivity index (χ3n) is 2.93. The fraction of sp³-hybridized carbons (Fsp3) is 0.462. The van der Waals surface area contributed by atoms with Gasteiger partial charge in [-0.25, -0.2) is 4.98 Å². The van der Waals surface area contributed by atoms with E-state index in [2.05, 4.69) is 10.3 Å². The first kappa shape index (κ1) is 15.1. The Balaban J connectivity index is 2.00. The average Bonchev–Trinajstić information content (AvgIpc) is 3.00. The highest BCUT2D eigenvalue weighted by atomic mass is 32.1. The lowest BCUT2D eigenvalue weighted by Gasteiger charge is -2.17. The molecule has 2 heterocycles. The van der Waals surface area contributed by atoms with Crippen molar-refractivity contribution in [1.29, 1.82) is 0 Å². The summed E-state index contributed by atoms with van der Waals surface area (Å²) in [4.78, 5) is 5.33. The van der Waals surface area contributed by atoms with Gasteiger partial charge in [0.05, 0.1) is 0 Å². The summed E-state index contributed by atoms with van der Waals surface area (Å²) in [5, 5.41) is 5.11. The first-order chi connectivity index (χ1) is 9.47. The number of rotatable bonds is 6. The summed E-state index contributed by atoms with van der Waals surface area (Å²) in [5.74, 6) is 0.805. The number of aromatic nitrogens is 2. The van der Waals surface area contributed by atoms with Gasteiger partial charge in [0.25, 0.3) is 0 Å². The van der Waals surface area contributed by atoms with Crippen molar-refractivity contribution < 1.29 is 13.2 Å². The molecule has 2 rings (SSSR count).